The lowest BCUT2D eigenvalue weighted by Crippen LogP contribution is -2.42. The molecule has 2 aromatic rings. The molecule has 41 heavy (non-hydrogen) atoms. The van der Waals surface area contributed by atoms with Gasteiger partial charge in [0.15, 0.2) is 0 Å². The fourth-order valence-electron chi connectivity index (χ4n) is 6.03. The van der Waals surface area contributed by atoms with E-state index in [1.54, 1.807) is 4.90 Å². The van der Waals surface area contributed by atoms with Crippen LogP contribution in [0.1, 0.15) is 50.7 Å². The summed E-state index contributed by atoms with van der Waals surface area (Å²) in [7, 11) is 1.54. The fourth-order valence-corrected chi connectivity index (χ4v) is 6.20. The predicted molar refractivity (Wildman–Crippen MR) is 166 cm³/mol. The van der Waals surface area contributed by atoms with Gasteiger partial charge in [-0.2, -0.15) is 0 Å². The van der Waals surface area contributed by atoms with E-state index in [0.29, 0.717) is 43.0 Å². The monoisotopic (exact) mass is 582 g/mol. The van der Waals surface area contributed by atoms with Gasteiger partial charge in [-0.05, 0) is 81.8 Å². The Morgan fingerprint density at radius 3 is 2.41 bits per heavy atom. The van der Waals surface area contributed by atoms with Crippen LogP contribution in [-0.2, 0) is 27.3 Å². The number of piperidine rings is 1. The summed E-state index contributed by atoms with van der Waals surface area (Å²) in [6, 6.07) is 16.7. The van der Waals surface area contributed by atoms with E-state index in [-0.39, 0.29) is 18.4 Å². The number of hydrogen-bond donors (Lipinski definition) is 0. The summed E-state index contributed by atoms with van der Waals surface area (Å²) in [5.74, 6) is 0.508. The van der Waals surface area contributed by atoms with Gasteiger partial charge < -0.3 is 19.4 Å². The Hall–Kier alpha value is -2.45. The SMILES string of the molecule is COCC(=O)N1CCCN(C(C)C)CCN(C(=O)CC2CCN(CCc3ccccc3)CC2)Cc2ccc(Cl)cc21. The van der Waals surface area contributed by atoms with Crippen LogP contribution >= 0.6 is 11.6 Å². The maximum absolute atomic E-state index is 13.8. The quantitative estimate of drug-likeness (QED) is 0.433. The van der Waals surface area contributed by atoms with E-state index in [4.69, 9.17) is 16.3 Å². The number of methoxy groups -OCH3 is 1. The molecular formula is C33H47ClN4O3. The van der Waals surface area contributed by atoms with Crippen molar-refractivity contribution < 1.29 is 14.3 Å². The average molecular weight is 583 g/mol. The van der Waals surface area contributed by atoms with Crippen LogP contribution in [0.3, 0.4) is 0 Å². The van der Waals surface area contributed by atoms with Gasteiger partial charge in [0.25, 0.3) is 5.91 Å². The van der Waals surface area contributed by atoms with Crippen molar-refractivity contribution in [3.05, 3.63) is 64.7 Å². The molecule has 0 atom stereocenters. The van der Waals surface area contributed by atoms with Gasteiger partial charge >= 0.3 is 0 Å². The molecule has 2 aromatic carbocycles. The number of hydrogen-bond acceptors (Lipinski definition) is 5. The number of amides is 2. The number of nitrogens with zero attached hydrogens (tertiary/aromatic N) is 4. The number of likely N-dealkylation sites (tertiary alicyclic amines) is 1. The van der Waals surface area contributed by atoms with E-state index in [1.165, 1.54) is 12.7 Å². The molecule has 2 heterocycles. The number of carbonyl (C=O) groups excluding carboxylic acids is 2. The third kappa shape index (κ3) is 9.27. The summed E-state index contributed by atoms with van der Waals surface area (Å²) in [5, 5.41) is 0.578. The summed E-state index contributed by atoms with van der Waals surface area (Å²) in [6.07, 6.45) is 4.58. The smallest absolute Gasteiger partial charge is 0.252 e. The van der Waals surface area contributed by atoms with Crippen LogP contribution in [0.5, 0.6) is 0 Å². The van der Waals surface area contributed by atoms with E-state index in [1.807, 2.05) is 23.1 Å². The normalized spacial score (nSPS) is 18.3. The molecule has 0 unspecified atom stereocenters. The first-order valence-electron chi connectivity index (χ1n) is 15.2. The summed E-state index contributed by atoms with van der Waals surface area (Å²) < 4.78 is 5.20. The molecule has 7 nitrogen and oxygen atoms in total. The van der Waals surface area contributed by atoms with Crippen molar-refractivity contribution in [1.29, 1.82) is 0 Å². The molecule has 4 rings (SSSR count). The van der Waals surface area contributed by atoms with Gasteiger partial charge in [-0.3, -0.25) is 14.5 Å². The minimum atomic E-state index is -0.0942. The minimum absolute atomic E-state index is 0.00649. The predicted octanol–water partition coefficient (Wildman–Crippen LogP) is 5.11. The number of halogens is 1. The van der Waals surface area contributed by atoms with Crippen LogP contribution in [0.15, 0.2) is 48.5 Å². The highest BCUT2D eigenvalue weighted by Crippen LogP contribution is 2.29. The molecule has 0 bridgehead atoms. The third-order valence-electron chi connectivity index (χ3n) is 8.57. The molecule has 0 radical (unpaired) electrons. The van der Waals surface area contributed by atoms with Gasteiger partial charge in [-0.25, -0.2) is 0 Å². The Morgan fingerprint density at radius 1 is 0.951 bits per heavy atom. The van der Waals surface area contributed by atoms with Crippen LogP contribution in [0.2, 0.25) is 5.02 Å². The standard InChI is InChI=1S/C33H47ClN4O3/c1-26(2)36-15-7-16-38(33(40)25-41-3)31-23-30(34)11-10-29(31)24-37(21-20-36)32(39)22-28-13-18-35(19-14-28)17-12-27-8-5-4-6-9-27/h4-6,8-11,23,26,28H,7,12-22,24-25H2,1-3H3. The van der Waals surface area contributed by atoms with E-state index in [9.17, 15) is 9.59 Å². The van der Waals surface area contributed by atoms with Crippen molar-refractivity contribution >= 4 is 29.1 Å². The second kappa shape index (κ2) is 15.7. The van der Waals surface area contributed by atoms with Gasteiger partial charge in [-0.15, -0.1) is 0 Å². The van der Waals surface area contributed by atoms with E-state index in [2.05, 4.69) is 54.0 Å². The second-order valence-corrected chi connectivity index (χ2v) is 12.2. The van der Waals surface area contributed by atoms with Gasteiger partial charge in [0.1, 0.15) is 6.61 Å². The maximum Gasteiger partial charge on any atom is 0.252 e. The first-order valence-corrected chi connectivity index (χ1v) is 15.6. The number of rotatable bonds is 8. The van der Waals surface area contributed by atoms with Crippen molar-refractivity contribution in [2.45, 2.75) is 58.5 Å². The summed E-state index contributed by atoms with van der Waals surface area (Å²) in [4.78, 5) is 35.7. The summed E-state index contributed by atoms with van der Waals surface area (Å²) in [5.41, 5.74) is 3.10. The zero-order valence-corrected chi connectivity index (χ0v) is 25.8. The van der Waals surface area contributed by atoms with E-state index in [0.717, 1.165) is 69.7 Å². The zero-order valence-electron chi connectivity index (χ0n) is 25.1. The van der Waals surface area contributed by atoms with Gasteiger partial charge in [0, 0.05) is 63.9 Å². The Bertz CT molecular complexity index is 1120. The highest BCUT2D eigenvalue weighted by atomic mass is 35.5. The topological polar surface area (TPSA) is 56.3 Å². The molecule has 2 aliphatic rings. The lowest BCUT2D eigenvalue weighted by molar-refractivity contribution is -0.133. The number of carbonyl (C=O) groups is 2. The molecule has 2 amide bonds. The van der Waals surface area contributed by atoms with Gasteiger partial charge in [-0.1, -0.05) is 48.0 Å². The van der Waals surface area contributed by atoms with Crippen LogP contribution in [0.25, 0.3) is 0 Å². The molecule has 0 saturated carbocycles. The van der Waals surface area contributed by atoms with Gasteiger partial charge in [0.05, 0.1) is 5.69 Å². The maximum atomic E-state index is 13.8. The van der Waals surface area contributed by atoms with Crippen LogP contribution < -0.4 is 4.90 Å². The number of fused-ring (bicyclic) bond motifs is 1. The molecule has 0 N–H and O–H groups in total. The fraction of sp³-hybridized carbons (Fsp3) is 0.576. The number of ether oxygens (including phenoxy) is 1. The molecular weight excluding hydrogens is 536 g/mol. The van der Waals surface area contributed by atoms with Crippen molar-refractivity contribution in [2.75, 3.05) is 64.4 Å². The molecule has 0 aromatic heterocycles. The first kappa shape index (κ1) is 31.5. The molecule has 0 aliphatic carbocycles. The molecule has 0 spiro atoms. The summed E-state index contributed by atoms with van der Waals surface area (Å²) >= 11 is 6.42. The number of anilines is 1. The Labute approximate surface area is 251 Å². The highest BCUT2D eigenvalue weighted by Gasteiger charge is 2.27. The lowest BCUT2D eigenvalue weighted by Gasteiger charge is -2.34. The molecule has 1 fully saturated rings. The molecule has 8 heteroatoms. The Morgan fingerprint density at radius 2 is 1.71 bits per heavy atom. The largest absolute Gasteiger partial charge is 0.375 e. The van der Waals surface area contributed by atoms with Crippen molar-refractivity contribution in [2.24, 2.45) is 5.92 Å². The lowest BCUT2D eigenvalue weighted by atomic mass is 9.92. The molecule has 2 aliphatic heterocycles. The van der Waals surface area contributed by atoms with Crippen LogP contribution in [0.4, 0.5) is 5.69 Å². The second-order valence-electron chi connectivity index (χ2n) is 11.8. The number of benzene rings is 2. The van der Waals surface area contributed by atoms with Crippen LogP contribution in [0, 0.1) is 5.92 Å². The van der Waals surface area contributed by atoms with Crippen molar-refractivity contribution in [3.63, 3.8) is 0 Å². The van der Waals surface area contributed by atoms with Crippen molar-refractivity contribution in [3.8, 4) is 0 Å². The van der Waals surface area contributed by atoms with Gasteiger partial charge in [0.2, 0.25) is 5.91 Å². The van der Waals surface area contributed by atoms with E-state index < -0.39 is 0 Å². The molecule has 1 saturated heterocycles. The average Bonchev–Trinajstić information content (AvgIpc) is 3.00. The first-order chi connectivity index (χ1) is 19.8. The van der Waals surface area contributed by atoms with E-state index >= 15 is 0 Å². The zero-order chi connectivity index (χ0) is 29.2. The highest BCUT2D eigenvalue weighted by molar-refractivity contribution is 6.31. The van der Waals surface area contributed by atoms with Crippen molar-refractivity contribution in [1.82, 2.24) is 14.7 Å². The Balaban J connectivity index is 1.45. The third-order valence-corrected chi connectivity index (χ3v) is 8.80. The Kier molecular flexibility index (Phi) is 12.0. The summed E-state index contributed by atoms with van der Waals surface area (Å²) in [6.45, 7) is 10.9. The molecule has 224 valence electrons. The minimum Gasteiger partial charge on any atom is -0.375 e. The van der Waals surface area contributed by atoms with Crippen LogP contribution in [-0.4, -0.2) is 92.1 Å².